The van der Waals surface area contributed by atoms with Gasteiger partial charge in [-0.15, -0.1) is 0 Å². The van der Waals surface area contributed by atoms with Crippen molar-refractivity contribution >= 4 is 0 Å². The van der Waals surface area contributed by atoms with E-state index >= 15 is 0 Å². The average molecular weight is 106 g/mol. The highest BCUT2D eigenvalue weighted by atomic mass is 14.0. The van der Waals surface area contributed by atoms with E-state index in [1.807, 2.05) is 12.2 Å². The van der Waals surface area contributed by atoms with Crippen LogP contribution in [0.5, 0.6) is 0 Å². The van der Waals surface area contributed by atoms with E-state index in [-0.39, 0.29) is 0 Å². The third-order valence-electron chi connectivity index (χ3n) is 1.18. The van der Waals surface area contributed by atoms with Crippen LogP contribution in [0.15, 0.2) is 23.8 Å². The van der Waals surface area contributed by atoms with Crippen molar-refractivity contribution < 1.29 is 0 Å². The summed E-state index contributed by atoms with van der Waals surface area (Å²) in [5, 5.41) is 0. The molecule has 0 atom stereocenters. The van der Waals surface area contributed by atoms with Gasteiger partial charge in [0.15, 0.2) is 0 Å². The molecule has 0 heteroatoms. The molecule has 2 radical (unpaired) electrons. The van der Waals surface area contributed by atoms with Crippen LogP contribution in [0.1, 0.15) is 19.8 Å². The molecule has 0 aromatic rings. The molecular formula is C8H10. The standard InChI is InChI=1S/C8H10/c1-2-5-8-6-3-4-7-8/h3-4,6H,2,5H2,1H3. The fourth-order valence-electron chi connectivity index (χ4n) is 0.792. The summed E-state index contributed by atoms with van der Waals surface area (Å²) >= 11 is 0. The van der Waals surface area contributed by atoms with Crippen LogP contribution in [0.25, 0.3) is 0 Å². The maximum Gasteiger partial charge on any atom is 0.0378 e. The van der Waals surface area contributed by atoms with Crippen LogP contribution in [0, 0.1) is 6.42 Å². The lowest BCUT2D eigenvalue weighted by Crippen LogP contribution is -1.75. The number of rotatable bonds is 2. The van der Waals surface area contributed by atoms with Crippen molar-refractivity contribution in [3.05, 3.63) is 30.2 Å². The summed E-state index contributed by atoms with van der Waals surface area (Å²) < 4.78 is 0. The van der Waals surface area contributed by atoms with Gasteiger partial charge >= 0.3 is 0 Å². The molecular weight excluding hydrogens is 96.1 g/mol. The minimum absolute atomic E-state index is 1.17. The van der Waals surface area contributed by atoms with E-state index < -0.39 is 0 Å². The summed E-state index contributed by atoms with van der Waals surface area (Å²) in [4.78, 5) is 0. The molecule has 0 nitrogen and oxygen atoms in total. The van der Waals surface area contributed by atoms with Gasteiger partial charge in [0.05, 0.1) is 0 Å². The van der Waals surface area contributed by atoms with Gasteiger partial charge in [-0.1, -0.05) is 37.1 Å². The maximum atomic E-state index is 3.14. The van der Waals surface area contributed by atoms with E-state index in [1.54, 1.807) is 0 Å². The first-order valence-corrected chi connectivity index (χ1v) is 3.05. The average Bonchev–Trinajstić information content (AvgIpc) is 2.19. The molecule has 0 aliphatic heterocycles. The molecule has 0 aromatic heterocycles. The van der Waals surface area contributed by atoms with E-state index in [2.05, 4.69) is 19.4 Å². The molecule has 1 aliphatic carbocycles. The second-order valence-electron chi connectivity index (χ2n) is 1.95. The van der Waals surface area contributed by atoms with E-state index in [4.69, 9.17) is 0 Å². The van der Waals surface area contributed by atoms with Gasteiger partial charge in [0.25, 0.3) is 0 Å². The summed E-state index contributed by atoms with van der Waals surface area (Å²) in [7, 11) is 0. The van der Waals surface area contributed by atoms with Crippen molar-refractivity contribution in [1.29, 1.82) is 0 Å². The third kappa shape index (κ3) is 1.22. The number of hydrogen-bond acceptors (Lipinski definition) is 0. The van der Waals surface area contributed by atoms with E-state index in [0.29, 0.717) is 0 Å². The molecule has 42 valence electrons. The molecule has 0 saturated carbocycles. The first-order chi connectivity index (χ1) is 3.93. The molecule has 8 heavy (non-hydrogen) atoms. The highest BCUT2D eigenvalue weighted by Gasteiger charge is 1.96. The molecule has 1 rings (SSSR count). The van der Waals surface area contributed by atoms with E-state index in [1.165, 1.54) is 18.4 Å². The lowest BCUT2D eigenvalue weighted by Gasteiger charge is -1.92. The minimum Gasteiger partial charge on any atom is -0.0718 e. The summed E-state index contributed by atoms with van der Waals surface area (Å²) in [6.45, 7) is 2.18. The minimum atomic E-state index is 1.17. The number of allylic oxidation sites excluding steroid dienone is 4. The first kappa shape index (κ1) is 5.61. The molecule has 0 bridgehead atoms. The smallest absolute Gasteiger partial charge is 0.0378 e. The monoisotopic (exact) mass is 106 g/mol. The van der Waals surface area contributed by atoms with E-state index in [9.17, 15) is 0 Å². The van der Waals surface area contributed by atoms with Crippen LogP contribution in [0.2, 0.25) is 0 Å². The largest absolute Gasteiger partial charge is 0.0718 e. The molecule has 1 aliphatic rings. The zero-order chi connectivity index (χ0) is 5.82. The predicted molar refractivity (Wildman–Crippen MR) is 35.4 cm³/mol. The molecule has 0 spiro atoms. The van der Waals surface area contributed by atoms with Gasteiger partial charge in [-0.05, 0) is 6.42 Å². The molecule has 0 aromatic carbocycles. The van der Waals surface area contributed by atoms with Crippen molar-refractivity contribution in [3.8, 4) is 0 Å². The van der Waals surface area contributed by atoms with Gasteiger partial charge in [0.1, 0.15) is 0 Å². The highest BCUT2D eigenvalue weighted by Crippen LogP contribution is 2.13. The Bertz CT molecular complexity index is 118. The zero-order valence-electron chi connectivity index (χ0n) is 5.15. The maximum absolute atomic E-state index is 3.14. The van der Waals surface area contributed by atoms with Crippen LogP contribution in [-0.4, -0.2) is 0 Å². The van der Waals surface area contributed by atoms with Crippen LogP contribution < -0.4 is 0 Å². The van der Waals surface area contributed by atoms with Crippen LogP contribution in [0.4, 0.5) is 0 Å². The summed E-state index contributed by atoms with van der Waals surface area (Å²) in [5.41, 5.74) is 1.34. The summed E-state index contributed by atoms with van der Waals surface area (Å²) in [6, 6.07) is 0. The third-order valence-corrected chi connectivity index (χ3v) is 1.18. The summed E-state index contributed by atoms with van der Waals surface area (Å²) in [6.07, 6.45) is 11.6. The quantitative estimate of drug-likeness (QED) is 0.507. The Morgan fingerprint density at radius 2 is 2.50 bits per heavy atom. The summed E-state index contributed by atoms with van der Waals surface area (Å²) in [5.74, 6) is 0. The zero-order valence-corrected chi connectivity index (χ0v) is 5.15. The fraction of sp³-hybridized carbons (Fsp3) is 0.375. The predicted octanol–water partition coefficient (Wildman–Crippen LogP) is 2.36. The first-order valence-electron chi connectivity index (χ1n) is 3.05. The van der Waals surface area contributed by atoms with Crippen molar-refractivity contribution in [2.75, 3.05) is 0 Å². The van der Waals surface area contributed by atoms with Crippen molar-refractivity contribution in [2.45, 2.75) is 19.8 Å². The van der Waals surface area contributed by atoms with E-state index in [0.717, 1.165) is 0 Å². The SMILES string of the molecule is CCCC1=CC=C[C]1. The molecule has 0 fully saturated rings. The van der Waals surface area contributed by atoms with Gasteiger partial charge < -0.3 is 0 Å². The van der Waals surface area contributed by atoms with Crippen molar-refractivity contribution in [2.24, 2.45) is 0 Å². The van der Waals surface area contributed by atoms with Crippen LogP contribution in [0.3, 0.4) is 0 Å². The van der Waals surface area contributed by atoms with Gasteiger partial charge in [-0.3, -0.25) is 0 Å². The van der Waals surface area contributed by atoms with Gasteiger partial charge in [0.2, 0.25) is 0 Å². The van der Waals surface area contributed by atoms with Crippen molar-refractivity contribution in [3.63, 3.8) is 0 Å². The molecule has 0 saturated heterocycles. The topological polar surface area (TPSA) is 0 Å². The van der Waals surface area contributed by atoms with Gasteiger partial charge in [0, 0.05) is 6.42 Å². The normalized spacial score (nSPS) is 16.9. The second kappa shape index (κ2) is 2.71. The highest BCUT2D eigenvalue weighted by molar-refractivity contribution is 5.33. The molecule has 0 amide bonds. The Hall–Kier alpha value is -0.520. The van der Waals surface area contributed by atoms with Crippen LogP contribution >= 0.6 is 0 Å². The van der Waals surface area contributed by atoms with Crippen LogP contribution in [-0.2, 0) is 0 Å². The second-order valence-corrected chi connectivity index (χ2v) is 1.95. The Morgan fingerprint density at radius 1 is 1.62 bits per heavy atom. The fourth-order valence-corrected chi connectivity index (χ4v) is 0.792. The van der Waals surface area contributed by atoms with Crippen molar-refractivity contribution in [1.82, 2.24) is 0 Å². The van der Waals surface area contributed by atoms with Gasteiger partial charge in [-0.2, -0.15) is 0 Å². The Morgan fingerprint density at radius 3 is 3.00 bits per heavy atom. The molecule has 0 unspecified atom stereocenters. The lowest BCUT2D eigenvalue weighted by atomic mass is 10.1. The molecule has 0 heterocycles. The Labute approximate surface area is 50.9 Å². The Balaban J connectivity index is 2.28. The van der Waals surface area contributed by atoms with Gasteiger partial charge in [-0.25, -0.2) is 0 Å². The number of hydrogen-bond donors (Lipinski definition) is 0. The Kier molecular flexibility index (Phi) is 1.90. The molecule has 0 N–H and O–H groups in total. The lowest BCUT2D eigenvalue weighted by molar-refractivity contribution is 0.920.